The van der Waals surface area contributed by atoms with Gasteiger partial charge in [0.05, 0.1) is 18.0 Å². The minimum absolute atomic E-state index is 0.134. The zero-order chi connectivity index (χ0) is 15.3. The van der Waals surface area contributed by atoms with Gasteiger partial charge in [-0.1, -0.05) is 6.07 Å². The van der Waals surface area contributed by atoms with Gasteiger partial charge >= 0.3 is 5.97 Å². The van der Waals surface area contributed by atoms with Crippen LogP contribution >= 0.6 is 0 Å². The van der Waals surface area contributed by atoms with Crippen molar-refractivity contribution in [2.45, 2.75) is 20.8 Å². The molecule has 0 radical (unpaired) electrons. The van der Waals surface area contributed by atoms with Crippen molar-refractivity contribution < 1.29 is 22.3 Å². The van der Waals surface area contributed by atoms with Gasteiger partial charge < -0.3 is 4.74 Å². The fraction of sp³-hybridized carbons (Fsp3) is 0.462. The normalized spacial score (nSPS) is 11.2. The van der Waals surface area contributed by atoms with E-state index in [-0.39, 0.29) is 18.0 Å². The van der Waals surface area contributed by atoms with Gasteiger partial charge in [-0.3, -0.25) is 9.10 Å². The molecule has 0 amide bonds. The lowest BCUT2D eigenvalue weighted by Gasteiger charge is -2.23. The summed E-state index contributed by atoms with van der Waals surface area (Å²) in [5.41, 5.74) is 0.515. The van der Waals surface area contributed by atoms with E-state index in [4.69, 9.17) is 4.74 Å². The highest BCUT2D eigenvalue weighted by atomic mass is 32.2. The largest absolute Gasteiger partial charge is 0.465 e. The fourth-order valence-electron chi connectivity index (χ4n) is 1.63. The lowest BCUT2D eigenvalue weighted by molar-refractivity contribution is -0.141. The van der Waals surface area contributed by atoms with E-state index in [1.54, 1.807) is 19.9 Å². The Morgan fingerprint density at radius 2 is 2.00 bits per heavy atom. The van der Waals surface area contributed by atoms with Gasteiger partial charge in [-0.15, -0.1) is 0 Å². The average molecular weight is 303 g/mol. The van der Waals surface area contributed by atoms with Gasteiger partial charge in [0, 0.05) is 0 Å². The highest BCUT2D eigenvalue weighted by molar-refractivity contribution is 7.92. The number of anilines is 1. The maximum Gasteiger partial charge on any atom is 0.326 e. The first-order valence-corrected chi connectivity index (χ1v) is 7.85. The summed E-state index contributed by atoms with van der Waals surface area (Å²) in [5, 5.41) is 0. The molecule has 0 spiro atoms. The molecule has 0 aliphatic carbocycles. The Morgan fingerprint density at radius 3 is 2.50 bits per heavy atom. The first-order valence-electron chi connectivity index (χ1n) is 6.24. The van der Waals surface area contributed by atoms with E-state index in [1.165, 1.54) is 19.1 Å². The van der Waals surface area contributed by atoms with Crippen molar-refractivity contribution in [2.75, 3.05) is 23.2 Å². The van der Waals surface area contributed by atoms with Gasteiger partial charge in [-0.2, -0.15) is 0 Å². The lowest BCUT2D eigenvalue weighted by atomic mass is 10.2. The molecule has 0 aliphatic heterocycles. The molecule has 0 fully saturated rings. The molecule has 0 aromatic heterocycles. The first-order chi connectivity index (χ1) is 9.31. The quantitative estimate of drug-likeness (QED) is 0.752. The third-order valence-electron chi connectivity index (χ3n) is 2.65. The minimum atomic E-state index is -3.77. The van der Waals surface area contributed by atoms with E-state index in [0.717, 1.165) is 4.31 Å². The van der Waals surface area contributed by atoms with Gasteiger partial charge in [0.2, 0.25) is 10.0 Å². The topological polar surface area (TPSA) is 63.7 Å². The number of halogens is 1. The molecule has 0 N–H and O–H groups in total. The highest BCUT2D eigenvalue weighted by Crippen LogP contribution is 2.23. The second-order valence-corrected chi connectivity index (χ2v) is 6.35. The van der Waals surface area contributed by atoms with Crippen molar-refractivity contribution in [2.24, 2.45) is 0 Å². The van der Waals surface area contributed by atoms with Gasteiger partial charge in [-0.05, 0) is 38.5 Å². The van der Waals surface area contributed by atoms with Gasteiger partial charge in [0.1, 0.15) is 12.4 Å². The van der Waals surface area contributed by atoms with Crippen molar-refractivity contribution in [3.63, 3.8) is 0 Å². The van der Waals surface area contributed by atoms with E-state index in [9.17, 15) is 17.6 Å². The third kappa shape index (κ3) is 3.93. The molecule has 112 valence electrons. The number of carbonyl (C=O) groups is 1. The van der Waals surface area contributed by atoms with Crippen molar-refractivity contribution in [3.8, 4) is 0 Å². The zero-order valence-corrected chi connectivity index (χ0v) is 12.5. The number of carbonyl (C=O) groups excluding carboxylic acids is 1. The third-order valence-corrected chi connectivity index (χ3v) is 4.38. The number of esters is 1. The number of benzene rings is 1. The molecule has 0 bridgehead atoms. The predicted molar refractivity (Wildman–Crippen MR) is 74.6 cm³/mol. The molecule has 0 unspecified atom stereocenters. The number of hydrogen-bond acceptors (Lipinski definition) is 4. The molecule has 1 rings (SSSR count). The second-order valence-electron chi connectivity index (χ2n) is 4.17. The Morgan fingerprint density at radius 1 is 1.35 bits per heavy atom. The molecule has 5 nitrogen and oxygen atoms in total. The molecule has 0 aliphatic rings. The molecule has 0 atom stereocenters. The Balaban J connectivity index is 3.20. The molecular weight excluding hydrogens is 285 g/mol. The summed E-state index contributed by atoms with van der Waals surface area (Å²) in [6, 6.07) is 4.15. The predicted octanol–water partition coefficient (Wildman–Crippen LogP) is 1.85. The first kappa shape index (κ1) is 16.4. The van der Waals surface area contributed by atoms with Gasteiger partial charge in [0.25, 0.3) is 0 Å². The Labute approximate surface area is 118 Å². The van der Waals surface area contributed by atoms with Crippen LogP contribution in [0.2, 0.25) is 0 Å². The number of nitrogens with zero attached hydrogens (tertiary/aromatic N) is 1. The second kappa shape index (κ2) is 6.69. The smallest absolute Gasteiger partial charge is 0.326 e. The maximum atomic E-state index is 13.9. The lowest BCUT2D eigenvalue weighted by Crippen LogP contribution is -2.38. The van der Waals surface area contributed by atoms with Crippen LogP contribution < -0.4 is 4.31 Å². The fourth-order valence-corrected chi connectivity index (χ4v) is 2.69. The van der Waals surface area contributed by atoms with Crippen LogP contribution in [-0.4, -0.2) is 33.3 Å². The number of ether oxygens (including phenoxy) is 1. The molecule has 0 heterocycles. The minimum Gasteiger partial charge on any atom is -0.465 e. The van der Waals surface area contributed by atoms with Crippen LogP contribution in [0.5, 0.6) is 0 Å². The monoisotopic (exact) mass is 303 g/mol. The molecule has 1 aromatic carbocycles. The van der Waals surface area contributed by atoms with Crippen LogP contribution in [0.3, 0.4) is 0 Å². The van der Waals surface area contributed by atoms with Crippen molar-refractivity contribution >= 4 is 21.7 Å². The van der Waals surface area contributed by atoms with Crippen LogP contribution in [0.15, 0.2) is 18.2 Å². The van der Waals surface area contributed by atoms with E-state index in [0.29, 0.717) is 5.56 Å². The summed E-state index contributed by atoms with van der Waals surface area (Å²) in [6.45, 7) is 4.33. The molecule has 0 saturated carbocycles. The van der Waals surface area contributed by atoms with Crippen LogP contribution in [0.4, 0.5) is 10.1 Å². The van der Waals surface area contributed by atoms with E-state index < -0.39 is 28.4 Å². The van der Waals surface area contributed by atoms with Gasteiger partial charge in [0.15, 0.2) is 0 Å². The Bertz CT molecular complexity index is 586. The molecule has 0 saturated heterocycles. The summed E-state index contributed by atoms with van der Waals surface area (Å²) in [7, 11) is -3.77. The van der Waals surface area contributed by atoms with Crippen LogP contribution in [0.1, 0.15) is 19.4 Å². The maximum absolute atomic E-state index is 13.9. The van der Waals surface area contributed by atoms with Crippen LogP contribution in [-0.2, 0) is 19.6 Å². The van der Waals surface area contributed by atoms with Crippen molar-refractivity contribution in [3.05, 3.63) is 29.6 Å². The zero-order valence-electron chi connectivity index (χ0n) is 11.7. The number of hydrogen-bond donors (Lipinski definition) is 0. The summed E-state index contributed by atoms with van der Waals surface area (Å²) < 4.78 is 43.5. The van der Waals surface area contributed by atoms with E-state index >= 15 is 0 Å². The van der Waals surface area contributed by atoms with Gasteiger partial charge in [-0.25, -0.2) is 12.8 Å². The van der Waals surface area contributed by atoms with E-state index in [1.807, 2.05) is 0 Å². The molecule has 1 aromatic rings. The van der Waals surface area contributed by atoms with E-state index in [2.05, 4.69) is 0 Å². The molecular formula is C13H18FNO4S. The molecule has 20 heavy (non-hydrogen) atoms. The summed E-state index contributed by atoms with van der Waals surface area (Å²) in [4.78, 5) is 11.5. The van der Waals surface area contributed by atoms with Crippen LogP contribution in [0.25, 0.3) is 0 Å². The average Bonchev–Trinajstić information content (AvgIpc) is 2.37. The standard InChI is InChI=1S/C13H18FNO4S/c1-4-19-13(16)9-15(20(17,18)5-2)12-7-6-10(3)8-11(12)14/h6-8H,4-5,9H2,1-3H3. The highest BCUT2D eigenvalue weighted by Gasteiger charge is 2.26. The van der Waals surface area contributed by atoms with Crippen LogP contribution in [0, 0.1) is 12.7 Å². The van der Waals surface area contributed by atoms with Crippen molar-refractivity contribution in [1.82, 2.24) is 0 Å². The number of rotatable bonds is 6. The summed E-state index contributed by atoms with van der Waals surface area (Å²) in [6.07, 6.45) is 0. The molecule has 7 heteroatoms. The SMILES string of the molecule is CCOC(=O)CN(c1ccc(C)cc1F)S(=O)(=O)CC. The number of sulfonamides is 1. The number of aryl methyl sites for hydroxylation is 1. The van der Waals surface area contributed by atoms with Crippen molar-refractivity contribution in [1.29, 1.82) is 0 Å². The summed E-state index contributed by atoms with van der Waals surface area (Å²) >= 11 is 0. The summed E-state index contributed by atoms with van der Waals surface area (Å²) in [5.74, 6) is -1.64. The Kier molecular flexibility index (Phi) is 5.50. The Hall–Kier alpha value is -1.63.